The summed E-state index contributed by atoms with van der Waals surface area (Å²) in [6.45, 7) is 7.44. The fourth-order valence-electron chi connectivity index (χ4n) is 1.79. The average molecular weight is 252 g/mol. The highest BCUT2D eigenvalue weighted by Crippen LogP contribution is 2.23. The minimum atomic E-state index is 0.451. The van der Waals surface area contributed by atoms with E-state index in [1.54, 1.807) is 11.8 Å². The monoisotopic (exact) mass is 252 g/mol. The maximum Gasteiger partial charge on any atom is 0.162 e. The molecule has 94 valence electrons. The summed E-state index contributed by atoms with van der Waals surface area (Å²) >= 11 is 1.79. The van der Waals surface area contributed by atoms with Gasteiger partial charge in [0.25, 0.3) is 0 Å². The summed E-state index contributed by atoms with van der Waals surface area (Å²) in [6.07, 6.45) is 3.16. The second kappa shape index (κ2) is 5.58. The molecule has 0 amide bonds. The van der Waals surface area contributed by atoms with Crippen LogP contribution in [0.25, 0.3) is 0 Å². The van der Waals surface area contributed by atoms with Crippen molar-refractivity contribution in [2.45, 2.75) is 39.8 Å². The van der Waals surface area contributed by atoms with E-state index < -0.39 is 0 Å². The minimum Gasteiger partial charge on any atom is -0.318 e. The summed E-state index contributed by atoms with van der Waals surface area (Å²) in [6, 6.07) is 2.44. The molecule has 1 aromatic rings. The van der Waals surface area contributed by atoms with E-state index in [4.69, 9.17) is 4.99 Å². The Morgan fingerprint density at radius 3 is 3.06 bits per heavy atom. The highest BCUT2D eigenvalue weighted by atomic mass is 32.2. The predicted octanol–water partition coefficient (Wildman–Crippen LogP) is 2.83. The number of hydrogen-bond acceptors (Lipinski definition) is 4. The number of rotatable bonds is 3. The Morgan fingerprint density at radius 1 is 1.59 bits per heavy atom. The van der Waals surface area contributed by atoms with Gasteiger partial charge in [0.15, 0.2) is 11.0 Å². The average Bonchev–Trinajstić information content (AvgIpc) is 2.77. The summed E-state index contributed by atoms with van der Waals surface area (Å²) in [5, 5.41) is 8.72. The molecule has 5 heteroatoms. The third kappa shape index (κ3) is 3.25. The number of nitrogens with zero attached hydrogens (tertiary/aromatic N) is 3. The topological polar surface area (TPSA) is 42.2 Å². The molecule has 0 spiro atoms. The number of aromatic nitrogens is 2. The molecule has 0 radical (unpaired) electrons. The van der Waals surface area contributed by atoms with Crippen LogP contribution in [0, 0.1) is 5.92 Å². The van der Waals surface area contributed by atoms with E-state index in [1.165, 1.54) is 6.42 Å². The van der Waals surface area contributed by atoms with E-state index in [0.717, 1.165) is 23.3 Å². The van der Waals surface area contributed by atoms with Crippen LogP contribution in [-0.2, 0) is 6.54 Å². The summed E-state index contributed by atoms with van der Waals surface area (Å²) in [5.74, 6) is 2.65. The van der Waals surface area contributed by atoms with Gasteiger partial charge in [-0.25, -0.2) is 0 Å². The lowest BCUT2D eigenvalue weighted by Crippen LogP contribution is -2.24. The van der Waals surface area contributed by atoms with Crippen LogP contribution in [0.15, 0.2) is 17.3 Å². The van der Waals surface area contributed by atoms with Crippen LogP contribution in [0.2, 0.25) is 0 Å². The van der Waals surface area contributed by atoms with E-state index in [2.05, 4.69) is 31.2 Å². The number of aliphatic imine (C=N–C) groups is 1. The second-order valence-electron chi connectivity index (χ2n) is 4.56. The minimum absolute atomic E-state index is 0.451. The highest BCUT2D eigenvalue weighted by Gasteiger charge is 2.18. The maximum absolute atomic E-state index is 4.73. The SMILES string of the molecule is CCn1ccc(NC2=NC(C(C)C)CCS2)n1. The Labute approximate surface area is 107 Å². The Hall–Kier alpha value is -0.970. The molecular formula is C12H20N4S. The van der Waals surface area contributed by atoms with Gasteiger partial charge < -0.3 is 5.32 Å². The van der Waals surface area contributed by atoms with Gasteiger partial charge >= 0.3 is 0 Å². The molecule has 2 rings (SSSR count). The van der Waals surface area contributed by atoms with Crippen molar-refractivity contribution in [1.29, 1.82) is 0 Å². The van der Waals surface area contributed by atoms with Gasteiger partial charge in [0.1, 0.15) is 0 Å². The molecule has 1 aliphatic rings. The number of amidine groups is 1. The first kappa shape index (κ1) is 12.5. The van der Waals surface area contributed by atoms with Crippen LogP contribution in [0.1, 0.15) is 27.2 Å². The van der Waals surface area contributed by atoms with Crippen LogP contribution in [0.4, 0.5) is 5.82 Å². The molecule has 1 unspecified atom stereocenters. The molecule has 17 heavy (non-hydrogen) atoms. The molecule has 0 saturated carbocycles. The molecule has 0 fully saturated rings. The third-order valence-electron chi connectivity index (χ3n) is 2.90. The Bertz CT molecular complexity index is 397. The van der Waals surface area contributed by atoms with Crippen LogP contribution in [0.3, 0.4) is 0 Å². The predicted molar refractivity (Wildman–Crippen MR) is 74.7 cm³/mol. The molecule has 1 aromatic heterocycles. The quantitative estimate of drug-likeness (QED) is 0.899. The largest absolute Gasteiger partial charge is 0.318 e. The number of nitrogens with one attached hydrogen (secondary N) is 1. The Balaban J connectivity index is 2.02. The van der Waals surface area contributed by atoms with Crippen LogP contribution >= 0.6 is 11.8 Å². The van der Waals surface area contributed by atoms with E-state index in [1.807, 2.05) is 16.9 Å². The van der Waals surface area contributed by atoms with Gasteiger partial charge in [-0.05, 0) is 19.3 Å². The lowest BCUT2D eigenvalue weighted by molar-refractivity contribution is 0.485. The van der Waals surface area contributed by atoms with Gasteiger partial charge in [0.2, 0.25) is 0 Å². The third-order valence-corrected chi connectivity index (χ3v) is 3.83. The van der Waals surface area contributed by atoms with Crippen molar-refractivity contribution >= 4 is 22.7 Å². The van der Waals surface area contributed by atoms with E-state index in [-0.39, 0.29) is 0 Å². The van der Waals surface area contributed by atoms with Crippen molar-refractivity contribution in [3.8, 4) is 0 Å². The fraction of sp³-hybridized carbons (Fsp3) is 0.667. The molecule has 0 saturated heterocycles. The van der Waals surface area contributed by atoms with Crippen LogP contribution in [-0.4, -0.2) is 26.7 Å². The first-order valence-corrected chi connectivity index (χ1v) is 7.18. The lowest BCUT2D eigenvalue weighted by atomic mass is 10.0. The summed E-state index contributed by atoms with van der Waals surface area (Å²) in [5.41, 5.74) is 0. The summed E-state index contributed by atoms with van der Waals surface area (Å²) in [4.78, 5) is 4.73. The second-order valence-corrected chi connectivity index (χ2v) is 5.65. The standard InChI is InChI=1S/C12H20N4S/c1-4-16-7-5-11(15-16)14-12-13-10(9(2)3)6-8-17-12/h5,7,9-10H,4,6,8H2,1-3H3,(H,13,14,15). The molecular weight excluding hydrogens is 232 g/mol. The Kier molecular flexibility index (Phi) is 4.10. The summed E-state index contributed by atoms with van der Waals surface area (Å²) < 4.78 is 1.91. The van der Waals surface area contributed by atoms with Crippen molar-refractivity contribution in [2.75, 3.05) is 11.1 Å². The van der Waals surface area contributed by atoms with Crippen LogP contribution < -0.4 is 5.32 Å². The fourth-order valence-corrected chi connectivity index (χ4v) is 2.73. The van der Waals surface area contributed by atoms with Crippen molar-refractivity contribution in [3.05, 3.63) is 12.3 Å². The van der Waals surface area contributed by atoms with Crippen molar-refractivity contribution in [3.63, 3.8) is 0 Å². The van der Waals surface area contributed by atoms with Crippen molar-refractivity contribution < 1.29 is 0 Å². The maximum atomic E-state index is 4.73. The molecule has 4 nitrogen and oxygen atoms in total. The summed E-state index contributed by atoms with van der Waals surface area (Å²) in [7, 11) is 0. The van der Waals surface area contributed by atoms with Crippen LogP contribution in [0.5, 0.6) is 0 Å². The number of anilines is 1. The zero-order valence-electron chi connectivity index (χ0n) is 10.7. The first-order valence-electron chi connectivity index (χ1n) is 6.20. The van der Waals surface area contributed by atoms with Gasteiger partial charge in [-0.1, -0.05) is 25.6 Å². The molecule has 1 N–H and O–H groups in total. The zero-order chi connectivity index (χ0) is 12.3. The van der Waals surface area contributed by atoms with Gasteiger partial charge in [-0.2, -0.15) is 5.10 Å². The van der Waals surface area contributed by atoms with E-state index >= 15 is 0 Å². The van der Waals surface area contributed by atoms with Gasteiger partial charge in [-0.3, -0.25) is 9.67 Å². The normalized spacial score (nSPS) is 20.5. The van der Waals surface area contributed by atoms with E-state index in [0.29, 0.717) is 12.0 Å². The highest BCUT2D eigenvalue weighted by molar-refractivity contribution is 8.14. The van der Waals surface area contributed by atoms with Gasteiger partial charge in [-0.15, -0.1) is 0 Å². The number of thioether (sulfide) groups is 1. The molecule has 1 atom stereocenters. The van der Waals surface area contributed by atoms with Crippen molar-refractivity contribution in [2.24, 2.45) is 10.9 Å². The molecule has 0 bridgehead atoms. The number of aryl methyl sites for hydroxylation is 1. The molecule has 1 aliphatic heterocycles. The zero-order valence-corrected chi connectivity index (χ0v) is 11.5. The number of hydrogen-bond donors (Lipinski definition) is 1. The molecule has 2 heterocycles. The Morgan fingerprint density at radius 2 is 2.41 bits per heavy atom. The molecule has 0 aromatic carbocycles. The smallest absolute Gasteiger partial charge is 0.162 e. The van der Waals surface area contributed by atoms with E-state index in [9.17, 15) is 0 Å². The van der Waals surface area contributed by atoms with Crippen molar-refractivity contribution in [1.82, 2.24) is 9.78 Å². The molecule has 0 aliphatic carbocycles. The van der Waals surface area contributed by atoms with Gasteiger partial charge in [0.05, 0.1) is 6.04 Å². The lowest BCUT2D eigenvalue weighted by Gasteiger charge is -2.22. The first-order chi connectivity index (χ1) is 8.19. The van der Waals surface area contributed by atoms with Gasteiger partial charge in [0, 0.05) is 24.6 Å².